The molecule has 1 amide bonds. The van der Waals surface area contributed by atoms with Crippen molar-refractivity contribution < 1.29 is 28.6 Å². The maximum Gasteiger partial charge on any atom is 0.409 e. The normalized spacial score (nSPS) is 21.7. The van der Waals surface area contributed by atoms with Crippen LogP contribution in [-0.4, -0.2) is 68.4 Å². The van der Waals surface area contributed by atoms with Gasteiger partial charge in [0.2, 0.25) is 0 Å². The lowest BCUT2D eigenvalue weighted by Crippen LogP contribution is -2.38. The molecule has 0 bridgehead atoms. The number of ether oxygens (including phenoxy) is 2. The lowest BCUT2D eigenvalue weighted by Gasteiger charge is -2.35. The van der Waals surface area contributed by atoms with E-state index < -0.39 is 24.2 Å². The molecule has 1 N–H and O–H groups in total. The molecule has 2 fully saturated rings. The SMILES string of the molecule is CN(CCCF)C(=O)OCc1c(-c2ccc(O[C@H]3CCC[C@](C)(C(=O)O)C3)c(C3CC3)n2)nnn1C. The van der Waals surface area contributed by atoms with Crippen molar-refractivity contribution >= 4 is 12.1 Å². The molecule has 0 saturated heterocycles. The van der Waals surface area contributed by atoms with Crippen LogP contribution in [0.4, 0.5) is 9.18 Å². The van der Waals surface area contributed by atoms with Gasteiger partial charge in [0.25, 0.3) is 0 Å². The van der Waals surface area contributed by atoms with Crippen LogP contribution in [0.5, 0.6) is 5.75 Å². The Hall–Kier alpha value is -3.24. The van der Waals surface area contributed by atoms with E-state index in [0.717, 1.165) is 31.4 Å². The second-order valence-corrected chi connectivity index (χ2v) is 10.1. The molecule has 0 unspecified atom stereocenters. The van der Waals surface area contributed by atoms with Crippen LogP contribution in [0.3, 0.4) is 0 Å². The summed E-state index contributed by atoms with van der Waals surface area (Å²) in [7, 11) is 3.28. The van der Waals surface area contributed by atoms with E-state index in [9.17, 15) is 19.1 Å². The van der Waals surface area contributed by atoms with E-state index in [-0.39, 0.29) is 31.6 Å². The molecule has 2 aliphatic carbocycles. The number of carbonyl (C=O) groups excluding carboxylic acids is 1. The summed E-state index contributed by atoms with van der Waals surface area (Å²) in [6.07, 6.45) is 4.30. The highest BCUT2D eigenvalue weighted by molar-refractivity contribution is 5.74. The molecule has 4 rings (SSSR count). The van der Waals surface area contributed by atoms with Crippen molar-refractivity contribution in [3.8, 4) is 17.1 Å². The molecule has 2 aromatic heterocycles. The Labute approximate surface area is 209 Å². The maximum atomic E-state index is 12.4. The van der Waals surface area contributed by atoms with Crippen LogP contribution in [0, 0.1) is 5.41 Å². The quantitative estimate of drug-likeness (QED) is 0.515. The van der Waals surface area contributed by atoms with Gasteiger partial charge in [0.05, 0.1) is 29.6 Å². The first kappa shape index (κ1) is 25.8. The summed E-state index contributed by atoms with van der Waals surface area (Å²) in [5, 5.41) is 18.0. The van der Waals surface area contributed by atoms with E-state index >= 15 is 0 Å². The topological polar surface area (TPSA) is 120 Å². The van der Waals surface area contributed by atoms with Gasteiger partial charge in [0.15, 0.2) is 0 Å². The lowest BCUT2D eigenvalue weighted by atomic mass is 9.74. The summed E-state index contributed by atoms with van der Waals surface area (Å²) in [6, 6.07) is 3.68. The molecular weight excluding hydrogens is 469 g/mol. The van der Waals surface area contributed by atoms with Gasteiger partial charge in [-0.1, -0.05) is 5.21 Å². The first-order valence-electron chi connectivity index (χ1n) is 12.5. The summed E-state index contributed by atoms with van der Waals surface area (Å²) >= 11 is 0. The Morgan fingerprint density at radius 1 is 1.31 bits per heavy atom. The number of rotatable bonds is 10. The fraction of sp³-hybridized carbons (Fsp3) is 0.640. The predicted octanol–water partition coefficient (Wildman–Crippen LogP) is 4.09. The van der Waals surface area contributed by atoms with Crippen LogP contribution >= 0.6 is 0 Å². The van der Waals surface area contributed by atoms with Gasteiger partial charge in [-0.3, -0.25) is 9.18 Å². The number of amides is 1. The molecule has 2 aliphatic rings. The minimum absolute atomic E-state index is 0.0494. The van der Waals surface area contributed by atoms with Gasteiger partial charge in [0, 0.05) is 33.0 Å². The maximum absolute atomic E-state index is 12.4. The van der Waals surface area contributed by atoms with Crippen molar-refractivity contribution in [3.05, 3.63) is 23.5 Å². The Balaban J connectivity index is 1.51. The third-order valence-corrected chi connectivity index (χ3v) is 7.05. The van der Waals surface area contributed by atoms with Crippen molar-refractivity contribution in [3.63, 3.8) is 0 Å². The number of aryl methyl sites for hydroxylation is 1. The zero-order valence-corrected chi connectivity index (χ0v) is 21.1. The number of halogens is 1. The number of aliphatic carboxylic acids is 1. The van der Waals surface area contributed by atoms with Crippen molar-refractivity contribution in [2.75, 3.05) is 20.3 Å². The highest BCUT2D eigenvalue weighted by Crippen LogP contribution is 2.45. The second-order valence-electron chi connectivity index (χ2n) is 10.1. The van der Waals surface area contributed by atoms with Gasteiger partial charge in [-0.15, -0.1) is 5.10 Å². The van der Waals surface area contributed by atoms with Gasteiger partial charge in [-0.2, -0.15) is 0 Å². The molecule has 11 heteroatoms. The molecule has 0 radical (unpaired) electrons. The van der Waals surface area contributed by atoms with Crippen LogP contribution in [0.15, 0.2) is 12.1 Å². The lowest BCUT2D eigenvalue weighted by molar-refractivity contribution is -0.151. The fourth-order valence-electron chi connectivity index (χ4n) is 4.61. The van der Waals surface area contributed by atoms with Gasteiger partial charge >= 0.3 is 12.1 Å². The largest absolute Gasteiger partial charge is 0.488 e. The molecular formula is C25H34FN5O5. The number of nitrogens with zero attached hydrogens (tertiary/aromatic N) is 5. The highest BCUT2D eigenvalue weighted by Gasteiger charge is 2.40. The van der Waals surface area contributed by atoms with Crippen LogP contribution in [0.2, 0.25) is 0 Å². The number of pyridine rings is 1. The minimum Gasteiger partial charge on any atom is -0.488 e. The first-order chi connectivity index (χ1) is 17.2. The average Bonchev–Trinajstić information content (AvgIpc) is 3.63. The summed E-state index contributed by atoms with van der Waals surface area (Å²) < 4.78 is 25.7. The van der Waals surface area contributed by atoms with E-state index in [1.54, 1.807) is 25.7 Å². The van der Waals surface area contributed by atoms with E-state index in [1.165, 1.54) is 4.90 Å². The summed E-state index contributed by atoms with van der Waals surface area (Å²) in [4.78, 5) is 30.2. The summed E-state index contributed by atoms with van der Waals surface area (Å²) in [6.45, 7) is 1.51. The zero-order valence-electron chi connectivity index (χ0n) is 21.1. The van der Waals surface area contributed by atoms with Gasteiger partial charge in [0.1, 0.15) is 23.7 Å². The van der Waals surface area contributed by atoms with E-state index in [2.05, 4.69) is 10.3 Å². The highest BCUT2D eigenvalue weighted by atomic mass is 19.1. The number of carbonyl (C=O) groups is 2. The van der Waals surface area contributed by atoms with Gasteiger partial charge in [-0.25, -0.2) is 14.5 Å². The first-order valence-corrected chi connectivity index (χ1v) is 12.5. The summed E-state index contributed by atoms with van der Waals surface area (Å²) in [5.41, 5.74) is 1.78. The van der Waals surface area contributed by atoms with Crippen LogP contribution < -0.4 is 4.74 Å². The monoisotopic (exact) mass is 503 g/mol. The number of hydrogen-bond acceptors (Lipinski definition) is 7. The van der Waals surface area contributed by atoms with Crippen molar-refractivity contribution in [2.24, 2.45) is 12.5 Å². The third-order valence-electron chi connectivity index (χ3n) is 7.05. The second kappa shape index (κ2) is 10.8. The minimum atomic E-state index is -0.781. The van der Waals surface area contributed by atoms with Crippen LogP contribution in [0.1, 0.15) is 69.2 Å². The number of alkyl halides is 1. The Kier molecular flexibility index (Phi) is 7.75. The zero-order chi connectivity index (χ0) is 25.9. The van der Waals surface area contributed by atoms with Crippen molar-refractivity contribution in [1.29, 1.82) is 0 Å². The Morgan fingerprint density at radius 3 is 2.78 bits per heavy atom. The molecule has 10 nitrogen and oxygen atoms in total. The molecule has 0 aromatic carbocycles. The number of carboxylic acid groups (broad SMARTS) is 1. The standard InChI is InChI=1S/C25H34FN5O5/c1-25(23(32)33)11-4-6-17(14-25)36-20-10-9-18(27-21(20)16-7-8-16)22-19(31(3)29-28-22)15-35-24(34)30(2)13-5-12-26/h9-10,16-17H,4-8,11-15H2,1-3H3,(H,32,33)/t17-,25-/m0/s1. The van der Waals surface area contributed by atoms with Crippen LogP contribution in [0.25, 0.3) is 11.4 Å². The summed E-state index contributed by atoms with van der Waals surface area (Å²) in [5.74, 6) is 0.194. The van der Waals surface area contributed by atoms with Crippen LogP contribution in [-0.2, 0) is 23.2 Å². The molecule has 2 heterocycles. The molecule has 0 aliphatic heterocycles. The Bertz CT molecular complexity index is 1100. The molecule has 2 aromatic rings. The van der Waals surface area contributed by atoms with E-state index in [0.29, 0.717) is 35.7 Å². The number of hydrogen-bond donors (Lipinski definition) is 1. The van der Waals surface area contributed by atoms with Gasteiger partial charge in [-0.05, 0) is 57.6 Å². The number of aromatic nitrogens is 4. The average molecular weight is 504 g/mol. The molecule has 0 spiro atoms. The molecule has 2 saturated carbocycles. The fourth-order valence-corrected chi connectivity index (χ4v) is 4.61. The van der Waals surface area contributed by atoms with E-state index in [4.69, 9.17) is 14.5 Å². The molecule has 36 heavy (non-hydrogen) atoms. The Morgan fingerprint density at radius 2 is 2.08 bits per heavy atom. The van der Waals surface area contributed by atoms with Crippen molar-refractivity contribution in [1.82, 2.24) is 24.9 Å². The smallest absolute Gasteiger partial charge is 0.409 e. The van der Waals surface area contributed by atoms with Crippen molar-refractivity contribution in [2.45, 2.75) is 70.5 Å². The van der Waals surface area contributed by atoms with E-state index in [1.807, 2.05) is 12.1 Å². The molecule has 2 atom stereocenters. The third kappa shape index (κ3) is 5.76. The predicted molar refractivity (Wildman–Crippen MR) is 128 cm³/mol. The molecule has 196 valence electrons. The van der Waals surface area contributed by atoms with Gasteiger partial charge < -0.3 is 19.5 Å². The number of carboxylic acids is 1.